The van der Waals surface area contributed by atoms with E-state index in [0.717, 1.165) is 144 Å². The van der Waals surface area contributed by atoms with Crippen LogP contribution in [0.15, 0.2) is 84.9 Å². The zero-order valence-corrected chi connectivity index (χ0v) is 58.7. The first-order valence-electron chi connectivity index (χ1n) is 30.9. The zero-order chi connectivity index (χ0) is 61.7. The summed E-state index contributed by atoms with van der Waals surface area (Å²) >= 11 is 8.45. The average molecular weight is 1320 g/mol. The van der Waals surface area contributed by atoms with Crippen LogP contribution in [0.4, 0.5) is 0 Å². The lowest BCUT2D eigenvalue weighted by Crippen LogP contribution is -2.06. The minimum Gasteiger partial charge on any atom is -0.566 e. The molecule has 1 atom stereocenters. The van der Waals surface area contributed by atoms with Crippen molar-refractivity contribution in [3.05, 3.63) is 101 Å². The molecule has 86 heavy (non-hydrogen) atoms. The van der Waals surface area contributed by atoms with Gasteiger partial charge in [0.1, 0.15) is 16.1 Å². The Balaban J connectivity index is 0.00000187. The first kappa shape index (κ1) is 71.5. The molecule has 7 rings (SSSR count). The first-order valence-corrected chi connectivity index (χ1v) is 39.4. The van der Waals surface area contributed by atoms with E-state index in [1.165, 1.54) is 58.8 Å². The predicted octanol–water partition coefficient (Wildman–Crippen LogP) is 22.3. The standard InChI is InChI=1S/C65H84O8P2S5.C2H5O3P/c1-9-17-20-23-24-25-26-27-30-50-31-32-61(76-50)62-36-34-58(78-62)52-43-48(12-4)51(44-49(52)47-74(66,70-13-5)71-14-6)57-33-37-63(77-57)64-38-35-59(79-64)53-45-56(69-42-29-22-19-11-3)54(46-55(53)68-41-28-21-18-10-2)60-39-40-65(80-60)75(67,72-15-7)73-16-8;1-2-5-6(3)4/h31-40,43-46H,9-26,28-29,41-42,47H2,1-8H3;2H2,1H3. The van der Waals surface area contributed by atoms with Crippen molar-refractivity contribution in [2.75, 3.05) is 46.2 Å². The monoisotopic (exact) mass is 1320 g/mol. The minimum absolute atomic E-state index is 0.166. The van der Waals surface area contributed by atoms with Crippen molar-refractivity contribution < 1.29 is 50.7 Å². The molecule has 468 valence electrons. The van der Waals surface area contributed by atoms with Gasteiger partial charge in [0.15, 0.2) is 0 Å². The molecule has 0 bridgehead atoms. The largest absolute Gasteiger partial charge is 0.566 e. The SMILES string of the molecule is CCCCCCCCC#Cc1ccc(-c2ccc(-c3cc(CC)c(-c4ccc(-c5ccc(-c6cc(OCCCCCC)c(-c7ccc(P(=O)(OCC)OCC)s7)cc6OCCCCCC)s5)s4)cc3CP(=O)(OCC)OCC)s2)s1.CCO[P+](=O)[O-]. The summed E-state index contributed by atoms with van der Waals surface area (Å²) in [7, 11) is -9.56. The molecule has 11 nitrogen and oxygen atoms in total. The Labute approximate surface area is 534 Å². The molecule has 1 unspecified atom stereocenters. The maximum Gasteiger partial charge on any atom is 0.488 e. The maximum atomic E-state index is 14.4. The van der Waals surface area contributed by atoms with Gasteiger partial charge in [-0.25, -0.2) is 0 Å². The third-order valence-corrected chi connectivity index (χ3v) is 24.8. The predicted molar refractivity (Wildman–Crippen MR) is 366 cm³/mol. The Hall–Kier alpha value is -3.58. The smallest absolute Gasteiger partial charge is 0.488 e. The first-order chi connectivity index (χ1) is 41.8. The summed E-state index contributed by atoms with van der Waals surface area (Å²) in [5.41, 5.74) is 6.24. The molecule has 2 aromatic carbocycles. The Kier molecular flexibility index (Phi) is 31.8. The summed E-state index contributed by atoms with van der Waals surface area (Å²) < 4.78 is 79.2. The molecule has 0 aliphatic carbocycles. The Morgan fingerprint density at radius 1 is 0.453 bits per heavy atom. The molecule has 5 heterocycles. The van der Waals surface area contributed by atoms with Gasteiger partial charge >= 0.3 is 23.4 Å². The molecule has 0 saturated carbocycles. The lowest BCUT2D eigenvalue weighted by molar-refractivity contribution is -0.185. The summed E-state index contributed by atoms with van der Waals surface area (Å²) in [4.78, 5) is 19.5. The lowest BCUT2D eigenvalue weighted by atomic mass is 9.95. The van der Waals surface area contributed by atoms with E-state index < -0.39 is 23.4 Å². The van der Waals surface area contributed by atoms with E-state index in [1.807, 2.05) is 39.8 Å². The van der Waals surface area contributed by atoms with Crippen LogP contribution in [0.5, 0.6) is 11.5 Å². The molecule has 0 N–H and O–H groups in total. The highest BCUT2D eigenvalue weighted by Crippen LogP contribution is 2.55. The van der Waals surface area contributed by atoms with E-state index in [4.69, 9.17) is 27.6 Å². The van der Waals surface area contributed by atoms with Crippen LogP contribution in [0, 0.1) is 11.8 Å². The molecule has 0 spiro atoms. The van der Waals surface area contributed by atoms with Crippen molar-refractivity contribution in [2.24, 2.45) is 0 Å². The van der Waals surface area contributed by atoms with Gasteiger partial charge in [-0.2, -0.15) is 0 Å². The Bertz CT molecular complexity index is 3300. The van der Waals surface area contributed by atoms with Crippen LogP contribution < -0.4 is 19.0 Å². The van der Waals surface area contributed by atoms with Gasteiger partial charge < -0.3 is 32.5 Å². The Morgan fingerprint density at radius 3 is 1.37 bits per heavy atom. The number of hydrogen-bond acceptors (Lipinski definition) is 16. The number of aryl methyl sites for hydroxylation is 1. The highest BCUT2D eigenvalue weighted by molar-refractivity contribution is 7.69. The summed E-state index contributed by atoms with van der Waals surface area (Å²) in [6.45, 7) is 20.5. The summed E-state index contributed by atoms with van der Waals surface area (Å²) in [5.74, 6) is 8.41. The van der Waals surface area contributed by atoms with Gasteiger partial charge in [-0.3, -0.25) is 9.13 Å². The van der Waals surface area contributed by atoms with Crippen LogP contribution in [-0.2, 0) is 48.9 Å². The van der Waals surface area contributed by atoms with Crippen LogP contribution in [-0.4, -0.2) is 46.2 Å². The molecule has 19 heteroatoms. The van der Waals surface area contributed by atoms with Crippen molar-refractivity contribution in [3.8, 4) is 84.6 Å². The van der Waals surface area contributed by atoms with Crippen LogP contribution in [0.2, 0.25) is 0 Å². The summed E-state index contributed by atoms with van der Waals surface area (Å²) in [6, 6.07) is 30.3. The number of benzene rings is 2. The topological polar surface area (TPSA) is 139 Å². The fourth-order valence-electron chi connectivity index (χ4n) is 9.66. The maximum absolute atomic E-state index is 14.4. The van der Waals surface area contributed by atoms with Crippen LogP contribution in [0.25, 0.3) is 61.3 Å². The van der Waals surface area contributed by atoms with E-state index >= 15 is 0 Å². The second kappa shape index (κ2) is 38.2. The molecule has 0 fully saturated rings. The normalized spacial score (nSPS) is 11.8. The highest BCUT2D eigenvalue weighted by atomic mass is 32.1. The van der Waals surface area contributed by atoms with E-state index in [2.05, 4.69) is 117 Å². The van der Waals surface area contributed by atoms with Gasteiger partial charge in [-0.05, 0) is 172 Å². The second-order valence-electron chi connectivity index (χ2n) is 20.4. The van der Waals surface area contributed by atoms with Crippen molar-refractivity contribution >= 4 is 84.7 Å². The van der Waals surface area contributed by atoms with E-state index in [1.54, 1.807) is 52.3 Å². The van der Waals surface area contributed by atoms with E-state index in [-0.39, 0.29) is 26.0 Å². The van der Waals surface area contributed by atoms with Crippen LogP contribution in [0.1, 0.15) is 175 Å². The summed E-state index contributed by atoms with van der Waals surface area (Å²) in [5, 5.41) is 0. The van der Waals surface area contributed by atoms with Gasteiger partial charge in [-0.15, -0.1) is 61.2 Å². The average Bonchev–Trinajstić information content (AvgIpc) is 2.39. The molecule has 7 aromatic rings. The number of unbranched alkanes of at least 4 members (excludes halogenated alkanes) is 12. The van der Waals surface area contributed by atoms with Gasteiger partial charge in [0.05, 0.1) is 57.3 Å². The quantitative estimate of drug-likeness (QED) is 0.0208. The number of rotatable bonds is 38. The van der Waals surface area contributed by atoms with E-state index in [0.29, 0.717) is 31.0 Å². The number of ether oxygens (including phenoxy) is 2. The molecular weight excluding hydrogens is 1230 g/mol. The molecule has 5 aromatic heterocycles. The van der Waals surface area contributed by atoms with Crippen molar-refractivity contribution in [1.82, 2.24) is 0 Å². The zero-order valence-electron chi connectivity index (χ0n) is 51.9. The Morgan fingerprint density at radius 2 is 0.884 bits per heavy atom. The molecule has 0 amide bonds. The molecule has 0 radical (unpaired) electrons. The molecular formula is C67H89O11P3S5. The van der Waals surface area contributed by atoms with Gasteiger partial charge in [-0.1, -0.05) is 110 Å². The van der Waals surface area contributed by atoms with Crippen molar-refractivity contribution in [3.63, 3.8) is 0 Å². The number of thiophene rings is 5. The number of hydrogen-bond donors (Lipinski definition) is 0. The van der Waals surface area contributed by atoms with Crippen molar-refractivity contribution in [2.45, 2.75) is 171 Å². The fraction of sp³-hybridized carbons (Fsp3) is 0.493. The van der Waals surface area contributed by atoms with Gasteiger partial charge in [0.2, 0.25) is 0 Å². The third kappa shape index (κ3) is 21.6. The molecule has 0 saturated heterocycles. The third-order valence-electron chi connectivity index (χ3n) is 13.9. The van der Waals surface area contributed by atoms with Gasteiger partial charge in [0.25, 0.3) is 0 Å². The van der Waals surface area contributed by atoms with Crippen LogP contribution in [0.3, 0.4) is 0 Å². The lowest BCUT2D eigenvalue weighted by Gasteiger charge is -2.20. The molecule has 0 aliphatic rings. The van der Waals surface area contributed by atoms with E-state index in [9.17, 15) is 18.6 Å². The van der Waals surface area contributed by atoms with Crippen LogP contribution >= 0.6 is 80.1 Å². The highest BCUT2D eigenvalue weighted by Gasteiger charge is 2.31. The molecule has 0 aliphatic heterocycles. The van der Waals surface area contributed by atoms with Gasteiger partial charge in [0, 0.05) is 56.6 Å². The summed E-state index contributed by atoms with van der Waals surface area (Å²) in [6.07, 6.45) is 18.3. The minimum atomic E-state index is -3.49. The van der Waals surface area contributed by atoms with Crippen molar-refractivity contribution in [1.29, 1.82) is 0 Å². The fourth-order valence-corrected chi connectivity index (χ4v) is 18.9. The second-order valence-corrected chi connectivity index (χ2v) is 30.8.